The fourth-order valence-corrected chi connectivity index (χ4v) is 0.925. The van der Waals surface area contributed by atoms with Crippen molar-refractivity contribution < 1.29 is 9.47 Å². The number of hydrogen-bond donors (Lipinski definition) is 0. The SMILES string of the molecule is CCC1OC(C)C(C)O1. The molecule has 1 rings (SSSR count). The highest BCUT2D eigenvalue weighted by Gasteiger charge is 2.27. The Kier molecular flexibility index (Phi) is 2.09. The topological polar surface area (TPSA) is 18.5 Å². The molecule has 0 aliphatic carbocycles. The van der Waals surface area contributed by atoms with Crippen LogP contribution in [0.25, 0.3) is 0 Å². The van der Waals surface area contributed by atoms with Gasteiger partial charge in [-0.05, 0) is 20.3 Å². The first-order valence-corrected chi connectivity index (χ1v) is 3.55. The van der Waals surface area contributed by atoms with E-state index in [1.54, 1.807) is 0 Å². The van der Waals surface area contributed by atoms with Crippen molar-refractivity contribution in [3.63, 3.8) is 0 Å². The van der Waals surface area contributed by atoms with Crippen molar-refractivity contribution in [2.45, 2.75) is 45.7 Å². The number of rotatable bonds is 1. The third-order valence-electron chi connectivity index (χ3n) is 1.73. The monoisotopic (exact) mass is 130 g/mol. The zero-order chi connectivity index (χ0) is 6.85. The molecule has 2 nitrogen and oxygen atoms in total. The Morgan fingerprint density at radius 1 is 1.11 bits per heavy atom. The fourth-order valence-electron chi connectivity index (χ4n) is 0.925. The minimum atomic E-state index is 0.0509. The second kappa shape index (κ2) is 2.67. The smallest absolute Gasteiger partial charge is 0.158 e. The maximum atomic E-state index is 5.40. The molecule has 9 heavy (non-hydrogen) atoms. The molecule has 1 heterocycles. The van der Waals surface area contributed by atoms with Crippen LogP contribution in [0.2, 0.25) is 0 Å². The van der Waals surface area contributed by atoms with Gasteiger partial charge in [0.15, 0.2) is 6.29 Å². The van der Waals surface area contributed by atoms with Crippen LogP contribution >= 0.6 is 0 Å². The van der Waals surface area contributed by atoms with Crippen LogP contribution in [0.15, 0.2) is 0 Å². The maximum Gasteiger partial charge on any atom is 0.158 e. The molecule has 2 heteroatoms. The van der Waals surface area contributed by atoms with E-state index in [0.717, 1.165) is 6.42 Å². The Labute approximate surface area is 56.2 Å². The van der Waals surface area contributed by atoms with Crippen LogP contribution in [0.3, 0.4) is 0 Å². The van der Waals surface area contributed by atoms with E-state index >= 15 is 0 Å². The van der Waals surface area contributed by atoms with Crippen molar-refractivity contribution in [3.8, 4) is 0 Å². The normalized spacial score (nSPS) is 43.7. The third kappa shape index (κ3) is 1.43. The van der Waals surface area contributed by atoms with E-state index in [0.29, 0.717) is 0 Å². The predicted octanol–water partition coefficient (Wildman–Crippen LogP) is 1.55. The zero-order valence-electron chi connectivity index (χ0n) is 6.26. The first-order valence-electron chi connectivity index (χ1n) is 3.55. The van der Waals surface area contributed by atoms with E-state index in [1.165, 1.54) is 0 Å². The molecular formula is C7H14O2. The van der Waals surface area contributed by atoms with E-state index in [2.05, 4.69) is 6.92 Å². The molecular weight excluding hydrogens is 116 g/mol. The van der Waals surface area contributed by atoms with E-state index in [4.69, 9.17) is 9.47 Å². The lowest BCUT2D eigenvalue weighted by atomic mass is 10.3. The summed E-state index contributed by atoms with van der Waals surface area (Å²) in [5.41, 5.74) is 0. The van der Waals surface area contributed by atoms with Gasteiger partial charge in [0.1, 0.15) is 0 Å². The lowest BCUT2D eigenvalue weighted by Gasteiger charge is -2.03. The molecule has 1 aliphatic rings. The van der Waals surface area contributed by atoms with Crippen LogP contribution in [0, 0.1) is 0 Å². The van der Waals surface area contributed by atoms with E-state index < -0.39 is 0 Å². The molecule has 0 spiro atoms. The third-order valence-corrected chi connectivity index (χ3v) is 1.73. The molecule has 0 amide bonds. The summed E-state index contributed by atoms with van der Waals surface area (Å²) in [7, 11) is 0. The van der Waals surface area contributed by atoms with Gasteiger partial charge in [-0.3, -0.25) is 0 Å². The zero-order valence-corrected chi connectivity index (χ0v) is 6.26. The minimum absolute atomic E-state index is 0.0509. The molecule has 0 saturated carbocycles. The van der Waals surface area contributed by atoms with Gasteiger partial charge in [-0.15, -0.1) is 0 Å². The van der Waals surface area contributed by atoms with Crippen molar-refractivity contribution in [2.75, 3.05) is 0 Å². The van der Waals surface area contributed by atoms with Crippen LogP contribution in [0.4, 0.5) is 0 Å². The second-order valence-electron chi connectivity index (χ2n) is 2.52. The highest BCUT2D eigenvalue weighted by molar-refractivity contribution is 4.67. The van der Waals surface area contributed by atoms with Gasteiger partial charge >= 0.3 is 0 Å². The van der Waals surface area contributed by atoms with Crippen molar-refractivity contribution in [2.24, 2.45) is 0 Å². The average molecular weight is 130 g/mol. The summed E-state index contributed by atoms with van der Waals surface area (Å²) in [6, 6.07) is 0. The Morgan fingerprint density at radius 3 is 1.78 bits per heavy atom. The summed E-state index contributed by atoms with van der Waals surface area (Å²) in [4.78, 5) is 0. The van der Waals surface area contributed by atoms with Crippen molar-refractivity contribution in [3.05, 3.63) is 0 Å². The van der Waals surface area contributed by atoms with Gasteiger partial charge in [-0.25, -0.2) is 0 Å². The van der Waals surface area contributed by atoms with Crippen LogP contribution in [0.1, 0.15) is 27.2 Å². The predicted molar refractivity (Wildman–Crippen MR) is 35.2 cm³/mol. The van der Waals surface area contributed by atoms with Crippen molar-refractivity contribution in [1.29, 1.82) is 0 Å². The highest BCUT2D eigenvalue weighted by atomic mass is 16.7. The molecule has 0 N–H and O–H groups in total. The van der Waals surface area contributed by atoms with Gasteiger partial charge < -0.3 is 9.47 Å². The summed E-state index contributed by atoms with van der Waals surface area (Å²) in [6.45, 7) is 6.15. The molecule has 54 valence electrons. The summed E-state index contributed by atoms with van der Waals surface area (Å²) in [5, 5.41) is 0. The quantitative estimate of drug-likeness (QED) is 0.536. The first kappa shape index (κ1) is 7.03. The van der Waals surface area contributed by atoms with Crippen LogP contribution in [-0.2, 0) is 9.47 Å². The standard InChI is InChI=1S/C7H14O2/c1-4-7-8-5(2)6(3)9-7/h5-7H,4H2,1-3H3. The maximum absolute atomic E-state index is 5.40. The first-order chi connectivity index (χ1) is 4.24. The van der Waals surface area contributed by atoms with E-state index in [-0.39, 0.29) is 18.5 Å². The Hall–Kier alpha value is -0.0800. The van der Waals surface area contributed by atoms with Gasteiger partial charge in [0, 0.05) is 0 Å². The van der Waals surface area contributed by atoms with Gasteiger partial charge in [0.05, 0.1) is 12.2 Å². The Balaban J connectivity index is 2.35. The van der Waals surface area contributed by atoms with Gasteiger partial charge in [0.25, 0.3) is 0 Å². The lowest BCUT2D eigenvalue weighted by molar-refractivity contribution is -0.0635. The van der Waals surface area contributed by atoms with E-state index in [9.17, 15) is 0 Å². The molecule has 1 fully saturated rings. The molecule has 0 radical (unpaired) electrons. The van der Waals surface area contributed by atoms with Crippen molar-refractivity contribution >= 4 is 0 Å². The Morgan fingerprint density at radius 2 is 1.56 bits per heavy atom. The molecule has 0 aromatic rings. The largest absolute Gasteiger partial charge is 0.347 e. The van der Waals surface area contributed by atoms with Crippen LogP contribution in [0.5, 0.6) is 0 Å². The second-order valence-corrected chi connectivity index (χ2v) is 2.52. The molecule has 0 aromatic carbocycles. The lowest BCUT2D eigenvalue weighted by Crippen LogP contribution is -2.13. The molecule has 0 aromatic heterocycles. The molecule has 2 unspecified atom stereocenters. The molecule has 2 atom stereocenters. The molecule has 1 saturated heterocycles. The van der Waals surface area contributed by atoms with Gasteiger partial charge in [0.2, 0.25) is 0 Å². The summed E-state index contributed by atoms with van der Waals surface area (Å²) in [6.07, 6.45) is 1.55. The molecule has 1 aliphatic heterocycles. The fraction of sp³-hybridized carbons (Fsp3) is 1.00. The van der Waals surface area contributed by atoms with Crippen LogP contribution in [-0.4, -0.2) is 18.5 Å². The van der Waals surface area contributed by atoms with Crippen molar-refractivity contribution in [1.82, 2.24) is 0 Å². The average Bonchev–Trinajstić information content (AvgIpc) is 2.13. The summed E-state index contributed by atoms with van der Waals surface area (Å²) < 4.78 is 10.8. The van der Waals surface area contributed by atoms with Gasteiger partial charge in [-0.1, -0.05) is 6.92 Å². The summed E-state index contributed by atoms with van der Waals surface area (Å²) in [5.74, 6) is 0. The number of hydrogen-bond acceptors (Lipinski definition) is 2. The minimum Gasteiger partial charge on any atom is -0.347 e. The van der Waals surface area contributed by atoms with E-state index in [1.807, 2.05) is 13.8 Å². The molecule has 0 bridgehead atoms. The Bertz CT molecular complexity index is 82.9. The van der Waals surface area contributed by atoms with Gasteiger partial charge in [-0.2, -0.15) is 0 Å². The summed E-state index contributed by atoms with van der Waals surface area (Å²) >= 11 is 0. The van der Waals surface area contributed by atoms with Crippen LogP contribution < -0.4 is 0 Å². The highest BCUT2D eigenvalue weighted by Crippen LogP contribution is 2.19. The number of ether oxygens (including phenoxy) is 2.